The summed E-state index contributed by atoms with van der Waals surface area (Å²) in [5, 5.41) is 4.54. The van der Waals surface area contributed by atoms with Crippen LogP contribution in [0.25, 0.3) is 10.1 Å². The van der Waals surface area contributed by atoms with Gasteiger partial charge in [0.05, 0.1) is 16.4 Å². The number of carbonyl (C=O) groups excluding carboxylic acids is 1. The summed E-state index contributed by atoms with van der Waals surface area (Å²) in [4.78, 5) is 15.8. The maximum atomic E-state index is 12.8. The van der Waals surface area contributed by atoms with E-state index in [0.717, 1.165) is 34.6 Å². The molecular weight excluding hydrogens is 352 g/mol. The fourth-order valence-electron chi connectivity index (χ4n) is 3.33. The average Bonchev–Trinajstić information content (AvgIpc) is 3.00. The predicted octanol–water partition coefficient (Wildman–Crippen LogP) is 5.80. The first-order valence-corrected chi connectivity index (χ1v) is 9.76. The number of piperidine rings is 1. The third-order valence-electron chi connectivity index (χ3n) is 4.59. The Morgan fingerprint density at radius 1 is 1.00 bits per heavy atom. The van der Waals surface area contributed by atoms with Crippen LogP contribution in [0.15, 0.2) is 48.5 Å². The zero-order chi connectivity index (χ0) is 17.2. The molecule has 1 aromatic heterocycles. The van der Waals surface area contributed by atoms with Gasteiger partial charge in [0.25, 0.3) is 5.91 Å². The lowest BCUT2D eigenvalue weighted by Crippen LogP contribution is -2.30. The highest BCUT2D eigenvalue weighted by atomic mass is 35.5. The first-order chi connectivity index (χ1) is 12.2. The molecule has 2 aromatic carbocycles. The van der Waals surface area contributed by atoms with Crippen LogP contribution in [0.5, 0.6) is 0 Å². The van der Waals surface area contributed by atoms with E-state index in [1.165, 1.54) is 30.6 Å². The fraction of sp³-hybridized carbons (Fsp3) is 0.250. The number of carbonyl (C=O) groups is 1. The monoisotopic (exact) mass is 370 g/mol. The smallest absolute Gasteiger partial charge is 0.267 e. The Bertz CT molecular complexity index is 915. The second-order valence-corrected chi connectivity index (χ2v) is 7.69. The van der Waals surface area contributed by atoms with Gasteiger partial charge in [-0.3, -0.25) is 4.79 Å². The van der Waals surface area contributed by atoms with Crippen molar-refractivity contribution in [3.05, 3.63) is 58.4 Å². The topological polar surface area (TPSA) is 32.3 Å². The maximum absolute atomic E-state index is 12.8. The van der Waals surface area contributed by atoms with Gasteiger partial charge in [-0.1, -0.05) is 41.9 Å². The van der Waals surface area contributed by atoms with Gasteiger partial charge in [0.2, 0.25) is 0 Å². The maximum Gasteiger partial charge on any atom is 0.267 e. The van der Waals surface area contributed by atoms with Gasteiger partial charge in [0.1, 0.15) is 4.88 Å². The largest absolute Gasteiger partial charge is 0.370 e. The summed E-state index contributed by atoms with van der Waals surface area (Å²) >= 11 is 7.88. The number of hydrogen-bond acceptors (Lipinski definition) is 3. The van der Waals surface area contributed by atoms with Crippen LogP contribution in [-0.2, 0) is 0 Å². The minimum absolute atomic E-state index is 0.143. The van der Waals surface area contributed by atoms with E-state index in [9.17, 15) is 4.79 Å². The molecule has 1 aliphatic heterocycles. The lowest BCUT2D eigenvalue weighted by Gasteiger charge is -2.30. The fourth-order valence-corrected chi connectivity index (χ4v) is 4.74. The third-order valence-corrected chi connectivity index (χ3v) is 6.26. The summed E-state index contributed by atoms with van der Waals surface area (Å²) in [6.07, 6.45) is 3.68. The Kier molecular flexibility index (Phi) is 4.64. The highest BCUT2D eigenvalue weighted by Crippen LogP contribution is 2.36. The van der Waals surface area contributed by atoms with Crippen LogP contribution >= 0.6 is 22.9 Å². The molecule has 3 aromatic rings. The summed E-state index contributed by atoms with van der Waals surface area (Å²) in [5.74, 6) is -0.143. The number of amides is 1. The molecule has 128 valence electrons. The summed E-state index contributed by atoms with van der Waals surface area (Å²) < 4.78 is 1.03. The summed E-state index contributed by atoms with van der Waals surface area (Å²) in [5.41, 5.74) is 1.94. The van der Waals surface area contributed by atoms with E-state index in [2.05, 4.69) is 16.3 Å². The van der Waals surface area contributed by atoms with Crippen molar-refractivity contribution in [3.8, 4) is 0 Å². The molecule has 0 bridgehead atoms. The van der Waals surface area contributed by atoms with E-state index in [1.54, 1.807) is 0 Å². The molecule has 4 rings (SSSR count). The molecule has 0 atom stereocenters. The van der Waals surface area contributed by atoms with Crippen molar-refractivity contribution >= 4 is 50.3 Å². The van der Waals surface area contributed by atoms with Crippen LogP contribution in [0, 0.1) is 0 Å². The number of nitrogens with one attached hydrogen (secondary N) is 1. The van der Waals surface area contributed by atoms with Crippen LogP contribution in [0.3, 0.4) is 0 Å². The van der Waals surface area contributed by atoms with Crippen molar-refractivity contribution in [1.82, 2.24) is 0 Å². The molecule has 2 heterocycles. The molecule has 0 radical (unpaired) electrons. The minimum Gasteiger partial charge on any atom is -0.370 e. The molecule has 0 spiro atoms. The first kappa shape index (κ1) is 16.4. The van der Waals surface area contributed by atoms with E-state index < -0.39 is 0 Å². The normalized spacial score (nSPS) is 14.7. The number of thiophene rings is 1. The van der Waals surface area contributed by atoms with Crippen LogP contribution in [0.1, 0.15) is 28.9 Å². The number of nitrogens with zero attached hydrogens (tertiary/aromatic N) is 1. The van der Waals surface area contributed by atoms with Gasteiger partial charge < -0.3 is 10.2 Å². The summed E-state index contributed by atoms with van der Waals surface area (Å²) in [6, 6.07) is 15.9. The minimum atomic E-state index is -0.143. The highest BCUT2D eigenvalue weighted by molar-refractivity contribution is 7.21. The summed E-state index contributed by atoms with van der Waals surface area (Å²) in [7, 11) is 0. The second-order valence-electron chi connectivity index (χ2n) is 6.26. The van der Waals surface area contributed by atoms with Crippen molar-refractivity contribution in [3.63, 3.8) is 0 Å². The van der Waals surface area contributed by atoms with Crippen LogP contribution in [0.2, 0.25) is 5.02 Å². The average molecular weight is 371 g/mol. The lowest BCUT2D eigenvalue weighted by atomic mass is 10.1. The molecule has 5 heteroatoms. The zero-order valence-electron chi connectivity index (χ0n) is 13.8. The Morgan fingerprint density at radius 3 is 2.52 bits per heavy atom. The molecule has 1 N–H and O–H groups in total. The van der Waals surface area contributed by atoms with Crippen LogP contribution in [-0.4, -0.2) is 19.0 Å². The molecule has 1 aliphatic rings. The van der Waals surface area contributed by atoms with E-state index in [-0.39, 0.29) is 5.91 Å². The first-order valence-electron chi connectivity index (χ1n) is 8.56. The van der Waals surface area contributed by atoms with Crippen LogP contribution in [0.4, 0.5) is 11.4 Å². The lowest BCUT2D eigenvalue weighted by molar-refractivity contribution is 0.103. The van der Waals surface area contributed by atoms with Gasteiger partial charge in [-0.25, -0.2) is 0 Å². The van der Waals surface area contributed by atoms with E-state index >= 15 is 0 Å². The van der Waals surface area contributed by atoms with Crippen molar-refractivity contribution in [2.24, 2.45) is 0 Å². The molecule has 0 saturated carbocycles. The number of anilines is 2. The molecule has 1 saturated heterocycles. The third kappa shape index (κ3) is 3.24. The molecule has 25 heavy (non-hydrogen) atoms. The van der Waals surface area contributed by atoms with Crippen molar-refractivity contribution in [1.29, 1.82) is 0 Å². The van der Waals surface area contributed by atoms with Gasteiger partial charge in [0, 0.05) is 23.2 Å². The number of fused-ring (bicyclic) bond motifs is 1. The van der Waals surface area contributed by atoms with Gasteiger partial charge in [0.15, 0.2) is 0 Å². The predicted molar refractivity (Wildman–Crippen MR) is 107 cm³/mol. The number of para-hydroxylation sites is 2. The number of halogens is 1. The van der Waals surface area contributed by atoms with Gasteiger partial charge in [-0.15, -0.1) is 11.3 Å². The number of benzene rings is 2. The van der Waals surface area contributed by atoms with Gasteiger partial charge in [-0.05, 0) is 37.5 Å². The van der Waals surface area contributed by atoms with Crippen molar-refractivity contribution < 1.29 is 4.79 Å². The molecular formula is C20H19ClN2OS. The van der Waals surface area contributed by atoms with Gasteiger partial charge in [-0.2, -0.15) is 0 Å². The standard InChI is InChI=1S/C20H19ClN2OS/c21-18-14-8-2-5-11-17(14)25-19(18)20(24)22-15-9-3-4-10-16(15)23-12-6-1-7-13-23/h2-5,8-11H,1,6-7,12-13H2,(H,22,24). The highest BCUT2D eigenvalue weighted by Gasteiger charge is 2.20. The summed E-state index contributed by atoms with van der Waals surface area (Å²) in [6.45, 7) is 2.08. The van der Waals surface area contributed by atoms with Crippen LogP contribution < -0.4 is 10.2 Å². The number of hydrogen-bond donors (Lipinski definition) is 1. The van der Waals surface area contributed by atoms with Crippen molar-refractivity contribution in [2.45, 2.75) is 19.3 Å². The molecule has 3 nitrogen and oxygen atoms in total. The zero-order valence-corrected chi connectivity index (χ0v) is 15.4. The van der Waals surface area contributed by atoms with Crippen molar-refractivity contribution in [2.75, 3.05) is 23.3 Å². The Labute approximate surface area is 156 Å². The van der Waals surface area contributed by atoms with Gasteiger partial charge >= 0.3 is 0 Å². The van der Waals surface area contributed by atoms with E-state index in [4.69, 9.17) is 11.6 Å². The molecule has 0 unspecified atom stereocenters. The van der Waals surface area contributed by atoms with E-state index in [0.29, 0.717) is 9.90 Å². The Balaban J connectivity index is 1.63. The molecule has 0 aliphatic carbocycles. The molecule has 1 fully saturated rings. The Morgan fingerprint density at radius 2 is 1.72 bits per heavy atom. The number of rotatable bonds is 3. The second kappa shape index (κ2) is 7.06. The van der Waals surface area contributed by atoms with E-state index in [1.807, 2.05) is 42.5 Å². The molecule has 1 amide bonds. The SMILES string of the molecule is O=C(Nc1ccccc1N1CCCCC1)c1sc2ccccc2c1Cl. The Hall–Kier alpha value is -2.04. The quantitative estimate of drug-likeness (QED) is 0.632.